The van der Waals surface area contributed by atoms with E-state index in [1.54, 1.807) is 72.5 Å². The standard InChI is InChI=1S/C33H30N10S3/c1-4-13-34-25(7-1)28-10-16-37-31(40-28)44-22-19-43(20-23-45-32-38-17-11-29(41-32)26-8-2-5-14-35-26)21-24-46-33-39-18-12-30(42-33)27-9-3-6-15-36-27/h1-18H,19-24H2. The van der Waals surface area contributed by atoms with Gasteiger partial charge >= 0.3 is 0 Å². The number of thioether (sulfide) groups is 3. The fourth-order valence-electron chi connectivity index (χ4n) is 4.34. The second-order valence-electron chi connectivity index (χ2n) is 9.71. The van der Waals surface area contributed by atoms with Crippen molar-refractivity contribution in [1.82, 2.24) is 49.8 Å². The highest BCUT2D eigenvalue weighted by atomic mass is 32.2. The van der Waals surface area contributed by atoms with Gasteiger partial charge in [0, 0.05) is 74.1 Å². The molecule has 0 amide bonds. The average Bonchev–Trinajstić information content (AvgIpc) is 3.13. The lowest BCUT2D eigenvalue weighted by Gasteiger charge is -2.21. The second-order valence-corrected chi connectivity index (χ2v) is 12.9. The van der Waals surface area contributed by atoms with Crippen molar-refractivity contribution in [1.29, 1.82) is 0 Å². The number of pyridine rings is 3. The van der Waals surface area contributed by atoms with Crippen LogP contribution in [0.3, 0.4) is 0 Å². The van der Waals surface area contributed by atoms with Crippen molar-refractivity contribution in [3.63, 3.8) is 0 Å². The highest BCUT2D eigenvalue weighted by molar-refractivity contribution is 7.99. The van der Waals surface area contributed by atoms with Crippen molar-refractivity contribution >= 4 is 35.3 Å². The van der Waals surface area contributed by atoms with E-state index in [9.17, 15) is 0 Å². The van der Waals surface area contributed by atoms with Crippen molar-refractivity contribution in [2.75, 3.05) is 36.9 Å². The Hall–Kier alpha value is -4.30. The third-order valence-electron chi connectivity index (χ3n) is 6.60. The van der Waals surface area contributed by atoms with Crippen LogP contribution in [0.2, 0.25) is 0 Å². The first-order chi connectivity index (χ1) is 22.8. The first kappa shape index (κ1) is 31.7. The van der Waals surface area contributed by atoms with Gasteiger partial charge in [-0.25, -0.2) is 29.9 Å². The summed E-state index contributed by atoms with van der Waals surface area (Å²) in [6.45, 7) is 2.60. The van der Waals surface area contributed by atoms with Gasteiger partial charge in [0.1, 0.15) is 0 Å². The van der Waals surface area contributed by atoms with Crippen LogP contribution in [0.4, 0.5) is 0 Å². The van der Waals surface area contributed by atoms with Gasteiger partial charge in [0.2, 0.25) is 0 Å². The minimum absolute atomic E-state index is 0.742. The summed E-state index contributed by atoms with van der Waals surface area (Å²) in [4.78, 5) is 43.4. The van der Waals surface area contributed by atoms with E-state index in [-0.39, 0.29) is 0 Å². The number of hydrogen-bond acceptors (Lipinski definition) is 13. The zero-order valence-corrected chi connectivity index (χ0v) is 27.3. The number of rotatable bonds is 15. The maximum atomic E-state index is 4.73. The van der Waals surface area contributed by atoms with Gasteiger partial charge in [-0.05, 0) is 54.6 Å². The Morgan fingerprint density at radius 1 is 0.370 bits per heavy atom. The number of hydrogen-bond donors (Lipinski definition) is 0. The molecule has 0 aliphatic heterocycles. The molecule has 0 aromatic carbocycles. The smallest absolute Gasteiger partial charge is 0.188 e. The molecule has 0 saturated carbocycles. The van der Waals surface area contributed by atoms with Crippen LogP contribution in [-0.4, -0.2) is 86.6 Å². The summed E-state index contributed by atoms with van der Waals surface area (Å²) >= 11 is 4.94. The molecular weight excluding hydrogens is 633 g/mol. The highest BCUT2D eigenvalue weighted by Crippen LogP contribution is 2.22. The molecule has 0 aliphatic carbocycles. The third-order valence-corrected chi connectivity index (χ3v) is 9.12. The van der Waals surface area contributed by atoms with Crippen LogP contribution in [0, 0.1) is 0 Å². The fraction of sp³-hybridized carbons (Fsp3) is 0.182. The van der Waals surface area contributed by atoms with Crippen LogP contribution in [0.15, 0.2) is 125 Å². The summed E-state index contributed by atoms with van der Waals surface area (Å²) in [6, 6.07) is 23.1. The lowest BCUT2D eigenvalue weighted by Crippen LogP contribution is -2.31. The van der Waals surface area contributed by atoms with Crippen LogP contribution < -0.4 is 0 Å². The predicted molar refractivity (Wildman–Crippen MR) is 184 cm³/mol. The van der Waals surface area contributed by atoms with Gasteiger partial charge < -0.3 is 4.90 Å². The Labute approximate surface area is 280 Å². The summed E-state index contributed by atoms with van der Waals surface area (Å²) in [7, 11) is 0. The zero-order chi connectivity index (χ0) is 31.2. The van der Waals surface area contributed by atoms with E-state index in [4.69, 9.17) is 15.0 Å². The molecule has 0 N–H and O–H groups in total. The Morgan fingerprint density at radius 3 is 1.02 bits per heavy atom. The van der Waals surface area contributed by atoms with Crippen molar-refractivity contribution in [3.05, 3.63) is 110 Å². The normalized spacial score (nSPS) is 11.2. The molecule has 10 nitrogen and oxygen atoms in total. The van der Waals surface area contributed by atoms with E-state index in [0.29, 0.717) is 0 Å². The Bertz CT molecular complexity index is 1590. The van der Waals surface area contributed by atoms with Crippen LogP contribution in [0.1, 0.15) is 0 Å². The van der Waals surface area contributed by atoms with Crippen molar-refractivity contribution in [2.24, 2.45) is 0 Å². The largest absolute Gasteiger partial charge is 0.301 e. The molecule has 13 heteroatoms. The quantitative estimate of drug-likeness (QED) is 0.0915. The van der Waals surface area contributed by atoms with Gasteiger partial charge in [-0.15, -0.1) is 0 Å². The molecule has 0 spiro atoms. The first-order valence-corrected chi connectivity index (χ1v) is 17.6. The minimum atomic E-state index is 0.742. The van der Waals surface area contributed by atoms with Crippen molar-refractivity contribution in [3.8, 4) is 34.2 Å². The molecule has 0 unspecified atom stereocenters. The van der Waals surface area contributed by atoms with Crippen molar-refractivity contribution < 1.29 is 0 Å². The van der Waals surface area contributed by atoms with Crippen LogP contribution in [0.5, 0.6) is 0 Å². The van der Waals surface area contributed by atoms with Gasteiger partial charge in [0.15, 0.2) is 15.5 Å². The van der Waals surface area contributed by atoms with E-state index >= 15 is 0 Å². The Balaban J connectivity index is 1.06. The molecule has 0 bridgehead atoms. The van der Waals surface area contributed by atoms with Crippen LogP contribution in [-0.2, 0) is 0 Å². The molecule has 0 fully saturated rings. The predicted octanol–water partition coefficient (Wildman–Crippen LogP) is 6.22. The lowest BCUT2D eigenvalue weighted by atomic mass is 10.3. The number of aromatic nitrogens is 9. The topological polar surface area (TPSA) is 119 Å². The molecule has 0 radical (unpaired) electrons. The van der Waals surface area contributed by atoms with Gasteiger partial charge in [0.25, 0.3) is 0 Å². The maximum absolute atomic E-state index is 4.73. The van der Waals surface area contributed by atoms with Gasteiger partial charge in [-0.3, -0.25) is 15.0 Å². The van der Waals surface area contributed by atoms with Gasteiger partial charge in [0.05, 0.1) is 34.2 Å². The van der Waals surface area contributed by atoms with E-state index in [1.165, 1.54) is 0 Å². The molecule has 46 heavy (non-hydrogen) atoms. The SMILES string of the molecule is c1ccc(-c2ccnc(SCCN(CCSc3nccc(-c4ccccn4)n3)CCSc3nccc(-c4ccccn4)n3)n2)nc1. The molecule has 0 saturated heterocycles. The zero-order valence-electron chi connectivity index (χ0n) is 24.8. The molecule has 230 valence electrons. The molecule has 6 heterocycles. The highest BCUT2D eigenvalue weighted by Gasteiger charge is 2.11. The molecule has 0 atom stereocenters. The molecule has 0 aliphatic rings. The van der Waals surface area contributed by atoms with Gasteiger partial charge in [-0.2, -0.15) is 0 Å². The molecule has 6 rings (SSSR count). The Kier molecular flexibility index (Phi) is 11.6. The van der Waals surface area contributed by atoms with E-state index < -0.39 is 0 Å². The van der Waals surface area contributed by atoms with Gasteiger partial charge in [-0.1, -0.05) is 53.5 Å². The monoisotopic (exact) mass is 662 g/mol. The van der Waals surface area contributed by atoms with Crippen molar-refractivity contribution in [2.45, 2.75) is 15.5 Å². The minimum Gasteiger partial charge on any atom is -0.301 e. The molecule has 6 aromatic rings. The number of nitrogens with zero attached hydrogens (tertiary/aromatic N) is 10. The summed E-state index contributed by atoms with van der Waals surface area (Å²) in [5.74, 6) is 2.54. The molecular formula is C33H30N10S3. The maximum Gasteiger partial charge on any atom is 0.188 e. The summed E-state index contributed by atoms with van der Waals surface area (Å²) in [5, 5.41) is 2.23. The Morgan fingerprint density at radius 2 is 0.717 bits per heavy atom. The van der Waals surface area contributed by atoms with E-state index in [0.717, 1.165) is 86.5 Å². The first-order valence-electron chi connectivity index (χ1n) is 14.6. The lowest BCUT2D eigenvalue weighted by molar-refractivity contribution is 0.329. The van der Waals surface area contributed by atoms with Crippen LogP contribution in [0.25, 0.3) is 34.2 Å². The van der Waals surface area contributed by atoms with E-state index in [1.807, 2.05) is 72.8 Å². The fourth-order valence-corrected chi connectivity index (χ4v) is 6.83. The summed E-state index contributed by atoms with van der Waals surface area (Å²) in [5.41, 5.74) is 4.99. The summed E-state index contributed by atoms with van der Waals surface area (Å²) in [6.07, 6.45) is 10.7. The summed E-state index contributed by atoms with van der Waals surface area (Å²) < 4.78 is 0. The average molecular weight is 663 g/mol. The third kappa shape index (κ3) is 9.36. The second kappa shape index (κ2) is 16.9. The van der Waals surface area contributed by atoms with E-state index in [2.05, 4.69) is 34.8 Å². The molecule has 6 aromatic heterocycles. The van der Waals surface area contributed by atoms with Crippen LogP contribution >= 0.6 is 35.3 Å².